The molecule has 4 saturated carbocycles. The third-order valence-electron chi connectivity index (χ3n) is 10.9. The van der Waals surface area contributed by atoms with Gasteiger partial charge in [-0.05, 0) is 13.3 Å². The van der Waals surface area contributed by atoms with Crippen molar-refractivity contribution >= 4 is 0 Å². The van der Waals surface area contributed by atoms with Crippen LogP contribution >= 0.6 is 0 Å². The number of aryl methyl sites for hydroxylation is 2. The molecular weight excluding hydrogens is 517 g/mol. The summed E-state index contributed by atoms with van der Waals surface area (Å²) < 4.78 is 3.11. The van der Waals surface area contributed by atoms with Gasteiger partial charge in [-0.3, -0.25) is 0 Å². The van der Waals surface area contributed by atoms with Gasteiger partial charge < -0.3 is 0 Å². The van der Waals surface area contributed by atoms with Gasteiger partial charge in [-0.2, -0.15) is 5.10 Å². The molecular formula is C29H47IN3-. The first-order valence-electron chi connectivity index (χ1n) is 14.2. The fraction of sp³-hybridized carbons (Fsp3) is 0.897. The van der Waals surface area contributed by atoms with Crippen molar-refractivity contribution in [1.82, 2.24) is 15.2 Å². The number of halogens is 1. The van der Waals surface area contributed by atoms with E-state index in [0.717, 1.165) is 65.3 Å². The van der Waals surface area contributed by atoms with Crippen LogP contribution in [0.3, 0.4) is 0 Å². The van der Waals surface area contributed by atoms with Gasteiger partial charge in [0.15, 0.2) is 0 Å². The molecule has 4 heteroatoms. The predicted octanol–water partition coefficient (Wildman–Crippen LogP) is 3.74. The molecule has 1 aromatic heterocycles. The summed E-state index contributed by atoms with van der Waals surface area (Å²) in [5.41, 5.74) is 1.73. The Hall–Kier alpha value is -0.260. The zero-order chi connectivity index (χ0) is 23.0. The Morgan fingerprint density at radius 3 is 2.73 bits per heavy atom. The number of hydrogen-bond donors (Lipinski definition) is 0. The molecule has 0 N–H and O–H groups in total. The molecule has 0 radical (unpaired) electrons. The van der Waals surface area contributed by atoms with Gasteiger partial charge >= 0.3 is 168 Å². The van der Waals surface area contributed by atoms with E-state index in [9.17, 15) is 0 Å². The van der Waals surface area contributed by atoms with E-state index in [1.807, 2.05) is 13.1 Å². The average Bonchev–Trinajstić information content (AvgIpc) is 3.18. The molecule has 0 aliphatic heterocycles. The van der Waals surface area contributed by atoms with Gasteiger partial charge in [0.25, 0.3) is 0 Å². The maximum atomic E-state index is 4.61. The molecule has 0 spiro atoms. The van der Waals surface area contributed by atoms with Gasteiger partial charge in [0.05, 0.1) is 11.9 Å². The summed E-state index contributed by atoms with van der Waals surface area (Å²) in [5, 5.41) is 8.16. The molecule has 1 heterocycles. The Bertz CT molecular complexity index is 799. The number of alkyl halides is 2. The summed E-state index contributed by atoms with van der Waals surface area (Å²) in [6, 6.07) is 0. The van der Waals surface area contributed by atoms with E-state index in [1.54, 1.807) is 43.0 Å². The van der Waals surface area contributed by atoms with Crippen LogP contribution in [0.5, 0.6) is 0 Å². The number of hydrogen-bond acceptors (Lipinski definition) is 3. The molecule has 0 amide bonds. The first-order chi connectivity index (χ1) is 16.0. The Balaban J connectivity index is 1.21. The van der Waals surface area contributed by atoms with Crippen molar-refractivity contribution in [3.8, 4) is 0 Å². The number of fused-ring (bicyclic) bond motifs is 5. The van der Waals surface area contributed by atoms with Crippen LogP contribution in [-0.2, 0) is 6.42 Å². The third kappa shape index (κ3) is 4.89. The van der Waals surface area contributed by atoms with Gasteiger partial charge in [0.2, 0.25) is 0 Å². The van der Waals surface area contributed by atoms with Gasteiger partial charge in [-0.25, -0.2) is 4.98 Å². The fourth-order valence-corrected chi connectivity index (χ4v) is 11.8. The van der Waals surface area contributed by atoms with E-state index in [1.165, 1.54) is 30.1 Å². The number of nitrogens with zero attached hydrogens (tertiary/aromatic N) is 3. The summed E-state index contributed by atoms with van der Waals surface area (Å²) in [6.07, 6.45) is 18.1. The molecule has 0 saturated heterocycles. The topological polar surface area (TPSA) is 38.7 Å². The van der Waals surface area contributed by atoms with Crippen LogP contribution in [0, 0.1) is 59.7 Å². The van der Waals surface area contributed by atoms with E-state index in [-0.39, 0.29) is 0 Å². The summed E-state index contributed by atoms with van der Waals surface area (Å²) in [5.74, 6) is 8.94. The van der Waals surface area contributed by atoms with Gasteiger partial charge in [0, 0.05) is 0 Å². The van der Waals surface area contributed by atoms with Crippen molar-refractivity contribution in [3.05, 3.63) is 17.7 Å². The molecule has 0 bridgehead atoms. The van der Waals surface area contributed by atoms with E-state index in [2.05, 4.69) is 36.0 Å². The Kier molecular flexibility index (Phi) is 7.69. The van der Waals surface area contributed by atoms with Crippen LogP contribution in [0.25, 0.3) is 0 Å². The minimum atomic E-state index is 0.503. The zero-order valence-corrected chi connectivity index (χ0v) is 23.8. The summed E-state index contributed by atoms with van der Waals surface area (Å²) in [7, 11) is 0. The molecule has 0 unspecified atom stereocenters. The fourth-order valence-electron chi connectivity index (χ4n) is 9.46. The van der Waals surface area contributed by atoms with Crippen molar-refractivity contribution in [1.29, 1.82) is 0 Å². The Morgan fingerprint density at radius 2 is 1.91 bits per heavy atom. The molecule has 33 heavy (non-hydrogen) atoms. The summed E-state index contributed by atoms with van der Waals surface area (Å²) in [6.45, 7) is 9.63. The molecule has 4 aliphatic rings. The number of aromatic nitrogens is 3. The van der Waals surface area contributed by atoms with E-state index in [0.29, 0.717) is 26.6 Å². The second kappa shape index (κ2) is 10.4. The second-order valence-corrected chi connectivity index (χ2v) is 15.9. The van der Waals surface area contributed by atoms with Crippen LogP contribution in [0.4, 0.5) is 0 Å². The quantitative estimate of drug-likeness (QED) is 0.374. The monoisotopic (exact) mass is 564 g/mol. The normalized spacial score (nSPS) is 41.3. The average molecular weight is 565 g/mol. The Morgan fingerprint density at radius 1 is 1.06 bits per heavy atom. The first kappa shape index (κ1) is 24.4. The van der Waals surface area contributed by atoms with E-state index < -0.39 is 0 Å². The third-order valence-corrected chi connectivity index (χ3v) is 13.9. The van der Waals surface area contributed by atoms with Crippen LogP contribution in [0.2, 0.25) is 0 Å². The van der Waals surface area contributed by atoms with Crippen LogP contribution in [0.1, 0.15) is 96.5 Å². The summed E-state index contributed by atoms with van der Waals surface area (Å²) >= 11 is 0.503. The predicted molar refractivity (Wildman–Crippen MR) is 132 cm³/mol. The van der Waals surface area contributed by atoms with Gasteiger partial charge in [0.1, 0.15) is 5.82 Å². The molecule has 1 aromatic rings. The van der Waals surface area contributed by atoms with E-state index >= 15 is 0 Å². The minimum absolute atomic E-state index is 0.503. The van der Waals surface area contributed by atoms with Crippen molar-refractivity contribution in [2.24, 2.45) is 52.8 Å². The van der Waals surface area contributed by atoms with E-state index in [4.69, 9.17) is 0 Å². The van der Waals surface area contributed by atoms with Gasteiger partial charge in [-0.15, -0.1) is 5.10 Å². The molecule has 4 aliphatic carbocycles. The van der Waals surface area contributed by atoms with Crippen molar-refractivity contribution < 1.29 is 21.2 Å². The summed E-state index contributed by atoms with van der Waals surface area (Å²) in [4.78, 5) is 4.61. The molecule has 0 aromatic carbocycles. The molecule has 3 nitrogen and oxygen atoms in total. The first-order valence-corrected chi connectivity index (χ1v) is 17.2. The maximum absolute atomic E-state index is 4.61. The zero-order valence-electron chi connectivity index (χ0n) is 21.6. The standard InChI is InChI=1S/C29H47IN3/c1-5-30-17-21-7-10-24-22(16-21)8-11-26-25(24)14-15-29(4)27(12-13-28(26)29)19(2)6-9-23-18-31-33-20(3)32-23/h18-19,21-22,24-28H,5-17H2,1-4H3/q-1/t19-,21+,22-,24+,25-,26-,27-,28+,29-/m1/s1. The van der Waals surface area contributed by atoms with Crippen molar-refractivity contribution in [2.75, 3.05) is 8.86 Å². The molecule has 5 rings (SSSR count). The van der Waals surface area contributed by atoms with Crippen molar-refractivity contribution in [2.45, 2.75) is 98.3 Å². The molecule has 186 valence electrons. The van der Waals surface area contributed by atoms with Crippen molar-refractivity contribution in [3.63, 3.8) is 0 Å². The SMILES string of the molecule is CC[I-]C[C@H]1CC[C@H]2[C@H](CC[C@@H]3[C@@H]2CC[C@]2(C)[C@@H]([C@H](C)CCc4cnnc(C)n4)CC[C@@H]32)C1. The Labute approximate surface area is 213 Å². The molecule has 4 fully saturated rings. The molecule has 9 atom stereocenters. The van der Waals surface area contributed by atoms with Crippen LogP contribution < -0.4 is 21.2 Å². The van der Waals surface area contributed by atoms with Crippen LogP contribution in [-0.4, -0.2) is 24.0 Å². The number of rotatable bonds is 7. The van der Waals surface area contributed by atoms with Crippen LogP contribution in [0.15, 0.2) is 6.20 Å². The second-order valence-electron chi connectivity index (χ2n) is 12.5. The van der Waals surface area contributed by atoms with Gasteiger partial charge in [-0.1, -0.05) is 0 Å².